The molecule has 1 aromatic heterocycles. The molecule has 2 nitrogen and oxygen atoms in total. The van der Waals surface area contributed by atoms with Gasteiger partial charge in [-0.3, -0.25) is 0 Å². The molecule has 1 atom stereocenters. The van der Waals surface area contributed by atoms with Crippen LogP contribution in [-0.2, 0) is 0 Å². The second kappa shape index (κ2) is 4.00. The molecule has 1 heterocycles. The first-order valence-corrected chi connectivity index (χ1v) is 5.45. The summed E-state index contributed by atoms with van der Waals surface area (Å²) in [6.07, 6.45) is 0. The first-order chi connectivity index (χ1) is 5.15. The first-order valence-electron chi connectivity index (χ1n) is 3.05. The Labute approximate surface area is 86.2 Å². The number of rotatable bonds is 2. The van der Waals surface area contributed by atoms with Crippen molar-refractivity contribution in [3.05, 3.63) is 19.2 Å². The SMILES string of the molecule is NC[C@H](N)c1cc(Br)c(Br)s1. The average molecular weight is 300 g/mol. The van der Waals surface area contributed by atoms with E-state index in [1.807, 2.05) is 6.07 Å². The highest BCUT2D eigenvalue weighted by molar-refractivity contribution is 9.13. The van der Waals surface area contributed by atoms with E-state index in [0.29, 0.717) is 6.54 Å². The molecule has 11 heavy (non-hydrogen) atoms. The molecule has 0 radical (unpaired) electrons. The third kappa shape index (κ3) is 2.26. The summed E-state index contributed by atoms with van der Waals surface area (Å²) >= 11 is 8.38. The second-order valence-electron chi connectivity index (χ2n) is 2.11. The highest BCUT2D eigenvalue weighted by Gasteiger charge is 2.09. The molecule has 0 saturated heterocycles. The van der Waals surface area contributed by atoms with Gasteiger partial charge in [-0.2, -0.15) is 0 Å². The summed E-state index contributed by atoms with van der Waals surface area (Å²) in [5.74, 6) is 0. The van der Waals surface area contributed by atoms with Gasteiger partial charge in [-0.1, -0.05) is 0 Å². The number of nitrogens with two attached hydrogens (primary N) is 2. The molecule has 4 N–H and O–H groups in total. The molecule has 1 rings (SSSR count). The molecule has 0 saturated carbocycles. The first kappa shape index (κ1) is 9.67. The van der Waals surface area contributed by atoms with Gasteiger partial charge in [0.15, 0.2) is 0 Å². The summed E-state index contributed by atoms with van der Waals surface area (Å²) in [6, 6.07) is 1.95. The molecule has 0 aromatic carbocycles. The van der Waals surface area contributed by atoms with Gasteiger partial charge in [0.05, 0.1) is 9.83 Å². The van der Waals surface area contributed by atoms with Gasteiger partial charge in [-0.05, 0) is 37.9 Å². The van der Waals surface area contributed by atoms with Crippen molar-refractivity contribution in [2.75, 3.05) is 6.54 Å². The van der Waals surface area contributed by atoms with Crippen molar-refractivity contribution in [1.82, 2.24) is 0 Å². The van der Waals surface area contributed by atoms with Crippen LogP contribution in [0.1, 0.15) is 10.9 Å². The lowest BCUT2D eigenvalue weighted by molar-refractivity contribution is 0.751. The smallest absolute Gasteiger partial charge is 0.0843 e. The van der Waals surface area contributed by atoms with Gasteiger partial charge < -0.3 is 11.5 Å². The fraction of sp³-hybridized carbons (Fsp3) is 0.333. The largest absolute Gasteiger partial charge is 0.329 e. The van der Waals surface area contributed by atoms with Crippen LogP contribution in [0.15, 0.2) is 14.3 Å². The maximum Gasteiger partial charge on any atom is 0.0843 e. The van der Waals surface area contributed by atoms with Crippen LogP contribution in [0.3, 0.4) is 0 Å². The summed E-state index contributed by atoms with van der Waals surface area (Å²) in [5, 5.41) is 0. The van der Waals surface area contributed by atoms with Gasteiger partial charge in [-0.25, -0.2) is 0 Å². The van der Waals surface area contributed by atoms with E-state index in [9.17, 15) is 0 Å². The molecule has 62 valence electrons. The van der Waals surface area contributed by atoms with Crippen LogP contribution in [0.4, 0.5) is 0 Å². The Hall–Kier alpha value is 0.580. The molecule has 0 aliphatic rings. The minimum absolute atomic E-state index is 0.0393. The molecular weight excluding hydrogens is 292 g/mol. The van der Waals surface area contributed by atoms with Crippen molar-refractivity contribution < 1.29 is 0 Å². The van der Waals surface area contributed by atoms with E-state index in [0.717, 1.165) is 13.1 Å². The maximum atomic E-state index is 5.72. The number of hydrogen-bond donors (Lipinski definition) is 2. The van der Waals surface area contributed by atoms with E-state index in [4.69, 9.17) is 11.5 Å². The van der Waals surface area contributed by atoms with Gasteiger partial charge >= 0.3 is 0 Å². The fourth-order valence-corrected chi connectivity index (χ4v) is 2.77. The van der Waals surface area contributed by atoms with E-state index < -0.39 is 0 Å². The van der Waals surface area contributed by atoms with E-state index in [1.165, 1.54) is 0 Å². The zero-order chi connectivity index (χ0) is 8.43. The van der Waals surface area contributed by atoms with Crippen molar-refractivity contribution in [3.63, 3.8) is 0 Å². The quantitative estimate of drug-likeness (QED) is 0.880. The van der Waals surface area contributed by atoms with Gasteiger partial charge in [0.1, 0.15) is 0 Å². The monoisotopic (exact) mass is 298 g/mol. The van der Waals surface area contributed by atoms with Gasteiger partial charge in [-0.15, -0.1) is 11.3 Å². The molecule has 5 heteroatoms. The Kier molecular flexibility index (Phi) is 3.52. The summed E-state index contributed by atoms with van der Waals surface area (Å²) in [4.78, 5) is 1.10. The number of halogens is 2. The van der Waals surface area contributed by atoms with Crippen molar-refractivity contribution in [2.24, 2.45) is 11.5 Å². The summed E-state index contributed by atoms with van der Waals surface area (Å²) in [5.41, 5.74) is 11.1. The zero-order valence-electron chi connectivity index (χ0n) is 5.68. The lowest BCUT2D eigenvalue weighted by Crippen LogP contribution is -2.19. The third-order valence-corrected chi connectivity index (χ3v) is 4.67. The van der Waals surface area contributed by atoms with Crippen LogP contribution < -0.4 is 11.5 Å². The van der Waals surface area contributed by atoms with Crippen molar-refractivity contribution in [2.45, 2.75) is 6.04 Å². The molecule has 0 aliphatic carbocycles. The molecule has 0 unspecified atom stereocenters. The lowest BCUT2D eigenvalue weighted by atomic mass is 10.3. The highest BCUT2D eigenvalue weighted by Crippen LogP contribution is 2.34. The van der Waals surface area contributed by atoms with Crippen LogP contribution in [-0.4, -0.2) is 6.54 Å². The van der Waals surface area contributed by atoms with E-state index in [1.54, 1.807) is 11.3 Å². The van der Waals surface area contributed by atoms with Crippen molar-refractivity contribution >= 4 is 43.2 Å². The maximum absolute atomic E-state index is 5.72. The number of thiophene rings is 1. The normalized spacial score (nSPS) is 13.5. The minimum atomic E-state index is -0.0393. The molecule has 0 aliphatic heterocycles. The Balaban J connectivity index is 2.88. The summed E-state index contributed by atoms with van der Waals surface area (Å²) < 4.78 is 2.11. The molecule has 0 fully saturated rings. The standard InChI is InChI=1S/C6H8Br2N2S/c7-3-1-5(4(10)2-9)11-6(3)8/h1,4H,2,9-10H2/t4-/m0/s1. The summed E-state index contributed by atoms with van der Waals surface area (Å²) in [7, 11) is 0. The Bertz CT molecular complexity index is 229. The third-order valence-electron chi connectivity index (χ3n) is 1.28. The predicted molar refractivity (Wildman–Crippen MR) is 55.7 cm³/mol. The predicted octanol–water partition coefficient (Wildman–Crippen LogP) is 2.23. The minimum Gasteiger partial charge on any atom is -0.329 e. The van der Waals surface area contributed by atoms with E-state index >= 15 is 0 Å². The Morgan fingerprint density at radius 2 is 2.18 bits per heavy atom. The fourth-order valence-electron chi connectivity index (χ4n) is 0.662. The van der Waals surface area contributed by atoms with Crippen molar-refractivity contribution in [3.8, 4) is 0 Å². The van der Waals surface area contributed by atoms with Crippen LogP contribution in [0.25, 0.3) is 0 Å². The average Bonchev–Trinajstić information content (AvgIpc) is 2.31. The van der Waals surface area contributed by atoms with Crippen molar-refractivity contribution in [1.29, 1.82) is 0 Å². The van der Waals surface area contributed by atoms with Gasteiger partial charge in [0.25, 0.3) is 0 Å². The zero-order valence-corrected chi connectivity index (χ0v) is 9.67. The molecule has 0 spiro atoms. The molecule has 0 bridgehead atoms. The molecular formula is C6H8Br2N2S. The summed E-state index contributed by atoms with van der Waals surface area (Å²) in [6.45, 7) is 0.486. The second-order valence-corrected chi connectivity index (χ2v) is 5.37. The Morgan fingerprint density at radius 3 is 2.55 bits per heavy atom. The van der Waals surface area contributed by atoms with Crippen LogP contribution >= 0.6 is 43.2 Å². The van der Waals surface area contributed by atoms with Crippen LogP contribution in [0.5, 0.6) is 0 Å². The van der Waals surface area contributed by atoms with Crippen LogP contribution in [0, 0.1) is 0 Å². The van der Waals surface area contributed by atoms with E-state index in [-0.39, 0.29) is 6.04 Å². The lowest BCUT2D eigenvalue weighted by Gasteiger charge is -2.02. The topological polar surface area (TPSA) is 52.0 Å². The van der Waals surface area contributed by atoms with Crippen LogP contribution in [0.2, 0.25) is 0 Å². The van der Waals surface area contributed by atoms with Gasteiger partial charge in [0.2, 0.25) is 0 Å². The Morgan fingerprint density at radius 1 is 1.55 bits per heavy atom. The highest BCUT2D eigenvalue weighted by atomic mass is 79.9. The number of hydrogen-bond acceptors (Lipinski definition) is 3. The van der Waals surface area contributed by atoms with E-state index in [2.05, 4.69) is 31.9 Å². The molecule has 0 amide bonds. The van der Waals surface area contributed by atoms with Gasteiger partial charge in [0, 0.05) is 15.9 Å². The molecule has 1 aromatic rings.